The van der Waals surface area contributed by atoms with Gasteiger partial charge in [0.25, 0.3) is 0 Å². The van der Waals surface area contributed by atoms with Crippen LogP contribution in [0.25, 0.3) is 5.57 Å². The Morgan fingerprint density at radius 3 is 1.17 bits per heavy atom. The maximum Gasteiger partial charge on any atom is 0.534 e. The fraction of sp³-hybridized carbons (Fsp3) is 0.524. The number of carbonyl (C=O) groups is 2. The van der Waals surface area contributed by atoms with Gasteiger partial charge < -0.3 is 44.1 Å². The number of alkyl halides is 15. The van der Waals surface area contributed by atoms with E-state index in [4.69, 9.17) is 19.5 Å². The Kier molecular flexibility index (Phi) is 31.4. The first kappa shape index (κ1) is 85.2. The third-order valence-corrected chi connectivity index (χ3v) is 15.2. The minimum atomic E-state index is -5.67. The summed E-state index contributed by atoms with van der Waals surface area (Å²) in [6, 6.07) is 15.8. The van der Waals surface area contributed by atoms with Crippen molar-refractivity contribution in [2.24, 2.45) is 0 Å². The molecule has 0 spiro atoms. The summed E-state index contributed by atoms with van der Waals surface area (Å²) < 4.78 is 224. The molecule has 0 aliphatic carbocycles. The lowest BCUT2D eigenvalue weighted by molar-refractivity contribution is -0.138. The minimum Gasteiger partial charge on any atom is -0.444 e. The van der Waals surface area contributed by atoms with E-state index in [0.717, 1.165) is 92.8 Å². The molecular formula is C63H80BCl2F15N4O9S. The lowest BCUT2D eigenvalue weighted by Crippen LogP contribution is -2.39. The molecule has 2 amide bonds. The number of hydrogen-bond acceptors (Lipinski definition) is 11. The SMILES string of the molecule is CC(C)(C)OC(=O)N1CC=C(OS(=O)(=O)C(F)(F)F)CC1.Cc1cc(B(O)O)cc(C(F)(F)F)c1.Cc1cc(C2=CCN(C(=O)OC(C)(C)C)CC2)cc(C(F)(F)F)c1.Cc1cc(C2CCNCC2)cc(C(F)(F)F)c1.Cc1cc(C2CCNCC2)cc(C(F)(F)F)c1.Cl.Cl. The summed E-state index contributed by atoms with van der Waals surface area (Å²) in [7, 11) is -7.55. The zero-order valence-corrected chi connectivity index (χ0v) is 56.2. The van der Waals surface area contributed by atoms with Gasteiger partial charge in [-0.05, 0) is 221 Å². The van der Waals surface area contributed by atoms with Gasteiger partial charge in [-0.15, -0.1) is 24.8 Å². The van der Waals surface area contributed by atoms with Crippen molar-refractivity contribution in [1.82, 2.24) is 20.4 Å². The summed E-state index contributed by atoms with van der Waals surface area (Å²) in [6.07, 6.45) is -11.4. The van der Waals surface area contributed by atoms with Crippen molar-refractivity contribution in [2.75, 3.05) is 52.4 Å². The van der Waals surface area contributed by atoms with E-state index < -0.39 is 93.1 Å². The Balaban J connectivity index is 0.000000406. The summed E-state index contributed by atoms with van der Waals surface area (Å²) in [5.74, 6) is 0.182. The van der Waals surface area contributed by atoms with Crippen LogP contribution in [0.4, 0.5) is 75.4 Å². The first-order chi connectivity index (χ1) is 42.5. The molecule has 0 saturated carbocycles. The second-order valence-electron chi connectivity index (χ2n) is 24.6. The fourth-order valence-corrected chi connectivity index (χ4v) is 10.4. The van der Waals surface area contributed by atoms with Crippen molar-refractivity contribution in [3.63, 3.8) is 0 Å². The van der Waals surface area contributed by atoms with E-state index in [1.807, 2.05) is 12.1 Å². The Morgan fingerprint density at radius 2 is 0.842 bits per heavy atom. The largest absolute Gasteiger partial charge is 0.534 e. The third kappa shape index (κ3) is 29.0. The van der Waals surface area contributed by atoms with Crippen LogP contribution in [-0.4, -0.2) is 117 Å². The van der Waals surface area contributed by atoms with Gasteiger partial charge in [0.2, 0.25) is 0 Å². The van der Waals surface area contributed by atoms with Gasteiger partial charge in [0.15, 0.2) is 0 Å². The van der Waals surface area contributed by atoms with Crippen molar-refractivity contribution < 1.29 is 108 Å². The van der Waals surface area contributed by atoms with Crippen molar-refractivity contribution in [3.8, 4) is 0 Å². The highest BCUT2D eigenvalue weighted by molar-refractivity contribution is 7.87. The number of nitrogens with one attached hydrogen (secondary N) is 2. The standard InChI is InChI=1S/C18H22F3NO2.2C13H16F3N.C11H16F3NO5S.C8H8BF3O2.2ClH/c1-12-9-14(11-15(10-12)18(19,20)21)13-5-7-22(8-6-13)16(23)24-17(2,3)4;2*1-9-6-11(10-2-4-17-5-3-10)8-12(7-9)13(14,15)16;1-10(2,3)19-9(16)15-6-4-8(5-7-15)20-21(17,18)11(12,13)14;1-5-2-6(8(10,11)12)4-7(3-5)9(13)14;;/h5,9-11H,6-8H2,1-4H3;2*6-8,10,17H,2-5H2,1H3;4H,5-7H2,1-3H3;2-4,13-14H,1H3;2*1H. The molecule has 4 heterocycles. The predicted molar refractivity (Wildman–Crippen MR) is 336 cm³/mol. The number of hydrogen-bond donors (Lipinski definition) is 4. The van der Waals surface area contributed by atoms with E-state index in [-0.39, 0.29) is 67.4 Å². The van der Waals surface area contributed by atoms with Gasteiger partial charge in [-0.2, -0.15) is 74.3 Å². The normalized spacial score (nSPS) is 16.1. The first-order valence-electron chi connectivity index (χ1n) is 29.4. The van der Waals surface area contributed by atoms with Crippen LogP contribution >= 0.6 is 24.8 Å². The van der Waals surface area contributed by atoms with Gasteiger partial charge in [-0.1, -0.05) is 53.1 Å². The number of nitrogens with zero attached hydrogens (tertiary/aromatic N) is 2. The molecule has 95 heavy (non-hydrogen) atoms. The van der Waals surface area contributed by atoms with Crippen LogP contribution in [0.5, 0.6) is 0 Å². The van der Waals surface area contributed by atoms with Crippen LogP contribution in [0.3, 0.4) is 0 Å². The molecule has 534 valence electrons. The molecule has 32 heteroatoms. The molecule has 4 aliphatic heterocycles. The number of ether oxygens (including phenoxy) is 2. The number of amides is 2. The van der Waals surface area contributed by atoms with Gasteiger partial charge in [0.05, 0.1) is 22.3 Å². The highest BCUT2D eigenvalue weighted by Crippen LogP contribution is 2.38. The zero-order chi connectivity index (χ0) is 70.5. The molecule has 4 N–H and O–H groups in total. The average molecular weight is 1440 g/mol. The third-order valence-electron chi connectivity index (χ3n) is 14.2. The molecule has 2 fully saturated rings. The summed E-state index contributed by atoms with van der Waals surface area (Å²) in [6.45, 7) is 21.2. The topological polar surface area (TPSA) is 167 Å². The van der Waals surface area contributed by atoms with Gasteiger partial charge >= 0.3 is 59.6 Å². The van der Waals surface area contributed by atoms with Gasteiger partial charge in [0, 0.05) is 32.6 Å². The lowest BCUT2D eigenvalue weighted by atomic mass is 9.78. The smallest absolute Gasteiger partial charge is 0.444 e. The van der Waals surface area contributed by atoms with Crippen LogP contribution in [0, 0.1) is 27.7 Å². The zero-order valence-electron chi connectivity index (χ0n) is 53.8. The van der Waals surface area contributed by atoms with E-state index >= 15 is 0 Å². The Labute approximate surface area is 556 Å². The van der Waals surface area contributed by atoms with Crippen molar-refractivity contribution in [3.05, 3.63) is 152 Å². The van der Waals surface area contributed by atoms with E-state index in [2.05, 4.69) is 14.8 Å². The van der Waals surface area contributed by atoms with Gasteiger partial charge in [-0.3, -0.25) is 0 Å². The summed E-state index contributed by atoms with van der Waals surface area (Å²) in [5.41, 5.74) is -4.14. The molecule has 4 aliphatic rings. The van der Waals surface area contributed by atoms with E-state index in [0.29, 0.717) is 47.3 Å². The average Bonchev–Trinajstić information content (AvgIpc) is 0.843. The van der Waals surface area contributed by atoms with E-state index in [9.17, 15) is 83.9 Å². The second kappa shape index (κ2) is 35.0. The monoisotopic (exact) mass is 1430 g/mol. The minimum absolute atomic E-state index is 0. The number of rotatable bonds is 6. The summed E-state index contributed by atoms with van der Waals surface area (Å²) in [4.78, 5) is 26.5. The molecule has 4 aromatic carbocycles. The number of piperidine rings is 2. The lowest BCUT2D eigenvalue weighted by Gasteiger charge is -2.29. The van der Waals surface area contributed by atoms with E-state index in [1.165, 1.54) is 48.2 Å². The molecule has 2 saturated heterocycles. The molecule has 4 aromatic rings. The highest BCUT2D eigenvalue weighted by Gasteiger charge is 2.49. The quantitative estimate of drug-likeness (QED) is 0.0628. The van der Waals surface area contributed by atoms with Crippen LogP contribution in [0.15, 0.2) is 90.7 Å². The summed E-state index contributed by atoms with van der Waals surface area (Å²) >= 11 is 0. The van der Waals surface area contributed by atoms with Crippen molar-refractivity contribution >= 4 is 65.3 Å². The molecule has 8 rings (SSSR count). The number of aryl methyl sites for hydroxylation is 4. The molecule has 0 atom stereocenters. The molecule has 0 unspecified atom stereocenters. The Morgan fingerprint density at radius 1 is 0.495 bits per heavy atom. The van der Waals surface area contributed by atoms with Crippen LogP contribution in [-0.2, 0) is 48.5 Å². The maximum absolute atomic E-state index is 13.0. The molecule has 0 radical (unpaired) electrons. The maximum atomic E-state index is 13.0. The second-order valence-corrected chi connectivity index (χ2v) is 26.2. The van der Waals surface area contributed by atoms with Crippen LogP contribution in [0.1, 0.15) is 153 Å². The fourth-order valence-electron chi connectivity index (χ4n) is 9.82. The van der Waals surface area contributed by atoms with Crippen molar-refractivity contribution in [2.45, 2.75) is 161 Å². The predicted octanol–water partition coefficient (Wildman–Crippen LogP) is 15.9. The van der Waals surface area contributed by atoms with Gasteiger partial charge in [0.1, 0.15) is 17.0 Å². The Bertz CT molecular complexity index is 3260. The number of carbonyl (C=O) groups excluding carboxylic acids is 2. The van der Waals surface area contributed by atoms with Gasteiger partial charge in [-0.25, -0.2) is 9.59 Å². The van der Waals surface area contributed by atoms with Crippen LogP contribution < -0.4 is 16.1 Å². The highest BCUT2D eigenvalue weighted by atomic mass is 35.5. The number of benzene rings is 4. The molecule has 0 aromatic heterocycles. The van der Waals surface area contributed by atoms with Crippen LogP contribution in [0.2, 0.25) is 0 Å². The molecular weight excluding hydrogens is 1360 g/mol. The summed E-state index contributed by atoms with van der Waals surface area (Å²) in [5, 5.41) is 23.9. The Hall–Kier alpha value is -5.92. The molecule has 13 nitrogen and oxygen atoms in total. The molecule has 0 bridgehead atoms. The van der Waals surface area contributed by atoms with Crippen molar-refractivity contribution in [1.29, 1.82) is 0 Å². The van der Waals surface area contributed by atoms with E-state index in [1.54, 1.807) is 79.4 Å². The first-order valence-corrected chi connectivity index (χ1v) is 30.8. The number of halogens is 17.